The first-order chi connectivity index (χ1) is 16.0. The summed E-state index contributed by atoms with van der Waals surface area (Å²) in [4.78, 5) is 12.3. The van der Waals surface area contributed by atoms with Crippen LogP contribution in [-0.2, 0) is 24.4 Å². The Hall–Kier alpha value is -2.43. The highest BCUT2D eigenvalue weighted by Crippen LogP contribution is 2.34. The average Bonchev–Trinajstić information content (AvgIpc) is 3.11. The van der Waals surface area contributed by atoms with Crippen LogP contribution in [0.5, 0.6) is 5.75 Å². The molecule has 2 aromatic carbocycles. The van der Waals surface area contributed by atoms with Gasteiger partial charge in [-0.2, -0.15) is 13.2 Å². The molecule has 0 bridgehead atoms. The number of aromatic nitrogens is 3. The first-order valence-electron chi connectivity index (χ1n) is 10.1. The molecule has 3 aromatic rings. The van der Waals surface area contributed by atoms with Gasteiger partial charge in [0.05, 0.1) is 28.6 Å². The molecule has 34 heavy (non-hydrogen) atoms. The summed E-state index contributed by atoms with van der Waals surface area (Å²) in [6.45, 7) is 2.41. The number of anilines is 1. The number of nitrogens with zero attached hydrogens (tertiary/aromatic N) is 3. The molecule has 6 nitrogen and oxygen atoms in total. The van der Waals surface area contributed by atoms with Crippen LogP contribution in [-0.4, -0.2) is 33.0 Å². The van der Waals surface area contributed by atoms with Crippen molar-refractivity contribution >= 4 is 46.6 Å². The van der Waals surface area contributed by atoms with Crippen molar-refractivity contribution in [2.24, 2.45) is 7.05 Å². The summed E-state index contributed by atoms with van der Waals surface area (Å²) in [6.07, 6.45) is -3.22. The number of alkyl halides is 3. The molecule has 1 N–H and O–H groups in total. The number of carbonyl (C=O) groups excluding carboxylic acids is 1. The number of benzene rings is 2. The van der Waals surface area contributed by atoms with Gasteiger partial charge in [0.1, 0.15) is 11.6 Å². The Bertz CT molecular complexity index is 1170. The van der Waals surface area contributed by atoms with E-state index in [0.29, 0.717) is 29.6 Å². The summed E-state index contributed by atoms with van der Waals surface area (Å²) >= 11 is 13.0. The molecule has 0 atom stereocenters. The van der Waals surface area contributed by atoms with Crippen LogP contribution < -0.4 is 10.1 Å². The minimum absolute atomic E-state index is 0.0170. The van der Waals surface area contributed by atoms with Gasteiger partial charge >= 0.3 is 6.18 Å². The second kappa shape index (κ2) is 11.3. The fourth-order valence-corrected chi connectivity index (χ4v) is 4.11. The van der Waals surface area contributed by atoms with Gasteiger partial charge in [0.15, 0.2) is 5.16 Å². The van der Waals surface area contributed by atoms with E-state index in [1.165, 1.54) is 0 Å². The van der Waals surface area contributed by atoms with E-state index in [2.05, 4.69) is 15.5 Å². The average molecular weight is 533 g/mol. The molecule has 0 aliphatic carbocycles. The molecule has 1 aromatic heterocycles. The van der Waals surface area contributed by atoms with Gasteiger partial charge in [-0.05, 0) is 55.3 Å². The number of hydrogen-bond donors (Lipinski definition) is 1. The van der Waals surface area contributed by atoms with Gasteiger partial charge in [0, 0.05) is 18.5 Å². The third-order valence-corrected chi connectivity index (χ3v) is 6.35. The van der Waals surface area contributed by atoms with Crippen molar-refractivity contribution < 1.29 is 22.7 Å². The fraction of sp³-hybridized carbons (Fsp3) is 0.318. The molecular formula is C22H21Cl2F3N4O2S. The quantitative estimate of drug-likeness (QED) is 0.262. The van der Waals surface area contributed by atoms with Crippen molar-refractivity contribution in [3.63, 3.8) is 0 Å². The predicted molar refractivity (Wildman–Crippen MR) is 127 cm³/mol. The molecule has 0 spiro atoms. The van der Waals surface area contributed by atoms with Gasteiger partial charge in [0.25, 0.3) is 0 Å². The van der Waals surface area contributed by atoms with E-state index in [1.807, 2.05) is 19.1 Å². The zero-order valence-electron chi connectivity index (χ0n) is 18.2. The van der Waals surface area contributed by atoms with E-state index >= 15 is 0 Å². The second-order valence-corrected chi connectivity index (χ2v) is 9.14. The highest BCUT2D eigenvalue weighted by Gasteiger charge is 2.31. The Morgan fingerprint density at radius 3 is 2.65 bits per heavy atom. The summed E-state index contributed by atoms with van der Waals surface area (Å²) in [5, 5.41) is 11.8. The van der Waals surface area contributed by atoms with Crippen molar-refractivity contribution in [1.29, 1.82) is 0 Å². The van der Waals surface area contributed by atoms with Gasteiger partial charge in [-0.15, -0.1) is 10.2 Å². The number of halogens is 5. The largest absolute Gasteiger partial charge is 0.493 e. The van der Waals surface area contributed by atoms with Crippen LogP contribution in [0.1, 0.15) is 23.4 Å². The minimum Gasteiger partial charge on any atom is -0.493 e. The van der Waals surface area contributed by atoms with Crippen molar-refractivity contribution in [2.75, 3.05) is 17.7 Å². The standard InChI is InChI=1S/C22H21Cl2F3N4O2S/c1-13-10-15(23)6-8-18(13)33-9-3-4-19-29-30-21(31(19)2)34-12-20(32)28-17-11-14(22(25,26)27)5-7-16(17)24/h5-8,10-11H,3-4,9,12H2,1-2H3,(H,28,32). The number of carbonyl (C=O) groups is 1. The lowest BCUT2D eigenvalue weighted by molar-refractivity contribution is -0.137. The maximum absolute atomic E-state index is 12.9. The van der Waals surface area contributed by atoms with Crippen LogP contribution in [0.4, 0.5) is 18.9 Å². The zero-order valence-corrected chi connectivity index (χ0v) is 20.6. The molecular weight excluding hydrogens is 512 g/mol. The van der Waals surface area contributed by atoms with Gasteiger partial charge in [-0.25, -0.2) is 0 Å². The lowest BCUT2D eigenvalue weighted by atomic mass is 10.2. The number of thioether (sulfide) groups is 1. The Morgan fingerprint density at radius 1 is 1.18 bits per heavy atom. The minimum atomic E-state index is -4.54. The van der Waals surface area contributed by atoms with Crippen molar-refractivity contribution in [3.8, 4) is 5.75 Å². The highest BCUT2D eigenvalue weighted by molar-refractivity contribution is 7.99. The molecule has 0 fully saturated rings. The molecule has 0 aliphatic rings. The van der Waals surface area contributed by atoms with E-state index in [-0.39, 0.29) is 16.5 Å². The number of hydrogen-bond acceptors (Lipinski definition) is 5. The number of rotatable bonds is 9. The molecule has 182 valence electrons. The van der Waals surface area contributed by atoms with Crippen molar-refractivity contribution in [2.45, 2.75) is 31.1 Å². The van der Waals surface area contributed by atoms with Crippen LogP contribution in [0.3, 0.4) is 0 Å². The lowest BCUT2D eigenvalue weighted by Gasteiger charge is -2.11. The highest BCUT2D eigenvalue weighted by atomic mass is 35.5. The predicted octanol–water partition coefficient (Wildman–Crippen LogP) is 6.19. The molecule has 0 saturated heterocycles. The number of amides is 1. The Kier molecular flexibility index (Phi) is 8.72. The van der Waals surface area contributed by atoms with Crippen LogP contribution in [0, 0.1) is 6.92 Å². The smallest absolute Gasteiger partial charge is 0.416 e. The first kappa shape index (κ1) is 26.2. The van der Waals surface area contributed by atoms with Gasteiger partial charge < -0.3 is 14.6 Å². The molecule has 1 amide bonds. The van der Waals surface area contributed by atoms with Crippen LogP contribution in [0.2, 0.25) is 10.0 Å². The maximum Gasteiger partial charge on any atom is 0.416 e. The summed E-state index contributed by atoms with van der Waals surface area (Å²) in [6, 6.07) is 8.19. The SMILES string of the molecule is Cc1cc(Cl)ccc1OCCCc1nnc(SCC(=O)Nc2cc(C(F)(F)F)ccc2Cl)n1C. The second-order valence-electron chi connectivity index (χ2n) is 7.35. The molecule has 0 saturated carbocycles. The molecule has 0 aliphatic heterocycles. The van der Waals surface area contributed by atoms with E-state index < -0.39 is 17.6 Å². The molecule has 0 radical (unpaired) electrons. The molecule has 3 rings (SSSR count). The number of nitrogens with one attached hydrogen (secondary N) is 1. The van der Waals surface area contributed by atoms with Crippen LogP contribution in [0.25, 0.3) is 0 Å². The van der Waals surface area contributed by atoms with Gasteiger partial charge in [0.2, 0.25) is 5.91 Å². The van der Waals surface area contributed by atoms with Crippen molar-refractivity contribution in [3.05, 3.63) is 63.4 Å². The molecule has 1 heterocycles. The van der Waals surface area contributed by atoms with E-state index in [0.717, 1.165) is 47.1 Å². The van der Waals surface area contributed by atoms with E-state index in [9.17, 15) is 18.0 Å². The first-order valence-corrected chi connectivity index (χ1v) is 11.9. The van der Waals surface area contributed by atoms with Gasteiger partial charge in [-0.1, -0.05) is 35.0 Å². The third-order valence-electron chi connectivity index (χ3n) is 4.76. The molecule has 12 heteroatoms. The fourth-order valence-electron chi connectivity index (χ4n) is 2.99. The van der Waals surface area contributed by atoms with Crippen molar-refractivity contribution in [1.82, 2.24) is 14.8 Å². The summed E-state index contributed by atoms with van der Waals surface area (Å²) < 4.78 is 46.2. The topological polar surface area (TPSA) is 69.0 Å². The lowest BCUT2D eigenvalue weighted by Crippen LogP contribution is -2.16. The normalized spacial score (nSPS) is 11.5. The molecule has 0 unspecified atom stereocenters. The Morgan fingerprint density at radius 2 is 1.94 bits per heavy atom. The summed E-state index contributed by atoms with van der Waals surface area (Å²) in [5.41, 5.74) is -0.0424. The zero-order chi connectivity index (χ0) is 24.9. The van der Waals surface area contributed by atoms with Crippen LogP contribution >= 0.6 is 35.0 Å². The van der Waals surface area contributed by atoms with E-state index in [4.69, 9.17) is 27.9 Å². The Labute approximate surface area is 208 Å². The third kappa shape index (κ3) is 7.04. The number of aryl methyl sites for hydroxylation is 2. The maximum atomic E-state index is 12.9. The summed E-state index contributed by atoms with van der Waals surface area (Å²) in [7, 11) is 1.78. The van der Waals surface area contributed by atoms with Gasteiger partial charge in [-0.3, -0.25) is 4.79 Å². The Balaban J connectivity index is 1.49. The van der Waals surface area contributed by atoms with Crippen LogP contribution in [0.15, 0.2) is 41.6 Å². The number of ether oxygens (including phenoxy) is 1. The van der Waals surface area contributed by atoms with E-state index in [1.54, 1.807) is 17.7 Å². The summed E-state index contributed by atoms with van der Waals surface area (Å²) in [5.74, 6) is 0.908. The monoisotopic (exact) mass is 532 g/mol.